The lowest BCUT2D eigenvalue weighted by atomic mass is 10.1. The molecular weight excluding hydrogens is 434 g/mol. The van der Waals surface area contributed by atoms with Gasteiger partial charge >= 0.3 is 5.69 Å². The number of aromatic nitrogens is 4. The molecule has 0 aliphatic carbocycles. The van der Waals surface area contributed by atoms with Crippen LogP contribution in [-0.2, 0) is 25.0 Å². The molecule has 1 aromatic carbocycles. The van der Waals surface area contributed by atoms with Crippen LogP contribution in [0.1, 0.15) is 30.9 Å². The van der Waals surface area contributed by atoms with Crippen molar-refractivity contribution in [3.63, 3.8) is 0 Å². The molecule has 1 saturated heterocycles. The van der Waals surface area contributed by atoms with Crippen LogP contribution < -0.4 is 27.4 Å². The topological polar surface area (TPSA) is 112 Å². The fraction of sp³-hybridized carbons (Fsp3) is 0.375. The molecule has 0 bridgehead atoms. The lowest BCUT2D eigenvalue weighted by Gasteiger charge is -2.31. The van der Waals surface area contributed by atoms with Crippen LogP contribution in [0.15, 0.2) is 33.9 Å². The van der Waals surface area contributed by atoms with E-state index < -0.39 is 11.2 Å². The Bertz CT molecular complexity index is 1470. The Morgan fingerprint density at radius 3 is 2.94 bits per heavy atom. The molecule has 0 saturated carbocycles. The van der Waals surface area contributed by atoms with E-state index in [2.05, 4.69) is 22.2 Å². The zero-order valence-corrected chi connectivity index (χ0v) is 19.2. The van der Waals surface area contributed by atoms with E-state index >= 15 is 0 Å². The molecule has 176 valence electrons. The molecule has 0 radical (unpaired) electrons. The molecule has 1 fully saturated rings. The maximum absolute atomic E-state index is 13.7. The summed E-state index contributed by atoms with van der Waals surface area (Å²) in [5.41, 5.74) is 11.1. The van der Waals surface area contributed by atoms with Gasteiger partial charge in [-0.15, -0.1) is 5.92 Å². The Balaban J connectivity index is 1.73. The first-order valence-corrected chi connectivity index (χ1v) is 11.3. The minimum atomic E-state index is -0.497. The lowest BCUT2D eigenvalue weighted by Crippen LogP contribution is -2.44. The van der Waals surface area contributed by atoms with Crippen molar-refractivity contribution in [1.29, 1.82) is 0 Å². The summed E-state index contributed by atoms with van der Waals surface area (Å²) in [4.78, 5) is 39.2. The van der Waals surface area contributed by atoms with Crippen molar-refractivity contribution in [2.24, 2.45) is 12.8 Å². The number of aryl methyl sites for hydroxylation is 1. The summed E-state index contributed by atoms with van der Waals surface area (Å²) in [5, 5.41) is 0. The van der Waals surface area contributed by atoms with Crippen LogP contribution in [0.3, 0.4) is 0 Å². The maximum Gasteiger partial charge on any atom is 0.336 e. The molecule has 2 aromatic heterocycles. The van der Waals surface area contributed by atoms with E-state index in [0.717, 1.165) is 35.1 Å². The number of benzene rings is 1. The van der Waals surface area contributed by atoms with E-state index in [4.69, 9.17) is 15.6 Å². The summed E-state index contributed by atoms with van der Waals surface area (Å²) in [6.45, 7) is 3.83. The first-order chi connectivity index (χ1) is 16.5. The third-order valence-corrected chi connectivity index (χ3v) is 6.29. The highest BCUT2D eigenvalue weighted by Gasteiger charge is 2.26. The highest BCUT2D eigenvalue weighted by Crippen LogP contribution is 2.24. The second-order valence-corrected chi connectivity index (χ2v) is 8.55. The van der Waals surface area contributed by atoms with E-state index in [1.807, 2.05) is 24.3 Å². The standard InChI is InChI=1S/C24H27N7O3/c1-3-4-12-30-20-21(26-23(30)29-11-7-9-17(25)13-29)28(2)24(33)31(22(20)32)14-19-18-10-6-5-8-16(18)15-34-27-19/h5-6,8,10,14,17,27H,7,9,11-13,15,25H2,1-2H3. The number of nitrogens with two attached hydrogens (primary N) is 1. The van der Waals surface area contributed by atoms with Gasteiger partial charge in [-0.2, -0.15) is 4.98 Å². The molecule has 4 heterocycles. The number of nitrogens with zero attached hydrogens (tertiary/aromatic N) is 5. The molecule has 10 nitrogen and oxygen atoms in total. The van der Waals surface area contributed by atoms with Gasteiger partial charge in [0.15, 0.2) is 11.2 Å². The van der Waals surface area contributed by atoms with Crippen LogP contribution in [0.5, 0.6) is 0 Å². The van der Waals surface area contributed by atoms with Crippen LogP contribution in [-0.4, -0.2) is 37.8 Å². The van der Waals surface area contributed by atoms with Crippen LogP contribution in [0.25, 0.3) is 23.1 Å². The zero-order valence-electron chi connectivity index (χ0n) is 19.2. The highest BCUT2D eigenvalue weighted by molar-refractivity contribution is 5.79. The molecule has 3 aromatic rings. The van der Waals surface area contributed by atoms with Gasteiger partial charge in [-0.1, -0.05) is 30.2 Å². The van der Waals surface area contributed by atoms with E-state index in [1.54, 1.807) is 18.5 Å². The first kappa shape index (κ1) is 22.0. The number of anilines is 1. The summed E-state index contributed by atoms with van der Waals surface area (Å²) in [6.07, 6.45) is 3.37. The van der Waals surface area contributed by atoms with Gasteiger partial charge in [0.1, 0.15) is 6.61 Å². The lowest BCUT2D eigenvalue weighted by molar-refractivity contribution is 0.0575. The fourth-order valence-electron chi connectivity index (χ4n) is 4.56. The predicted octanol–water partition coefficient (Wildman–Crippen LogP) is 0.838. The molecule has 1 atom stereocenters. The van der Waals surface area contributed by atoms with E-state index in [0.29, 0.717) is 36.0 Å². The average molecular weight is 462 g/mol. The SMILES string of the molecule is CC#CCn1c(N2CCCC(N)C2)nc2c1c(=O)n(C=C1NOCc3ccccc31)c(=O)n2C. The largest absolute Gasteiger partial charge is 0.341 e. The fourth-order valence-corrected chi connectivity index (χ4v) is 4.56. The molecule has 0 spiro atoms. The molecule has 0 amide bonds. The van der Waals surface area contributed by atoms with Gasteiger partial charge in [-0.25, -0.2) is 9.36 Å². The number of rotatable bonds is 3. The molecule has 34 heavy (non-hydrogen) atoms. The third-order valence-electron chi connectivity index (χ3n) is 6.29. The molecular formula is C24H27N7O3. The summed E-state index contributed by atoms with van der Waals surface area (Å²) < 4.78 is 4.28. The number of hydroxylamine groups is 1. The predicted molar refractivity (Wildman–Crippen MR) is 131 cm³/mol. The molecule has 2 aliphatic rings. The highest BCUT2D eigenvalue weighted by atomic mass is 16.6. The first-order valence-electron chi connectivity index (χ1n) is 11.3. The molecule has 5 rings (SSSR count). The maximum atomic E-state index is 13.7. The Kier molecular flexibility index (Phi) is 5.73. The Morgan fingerprint density at radius 2 is 2.15 bits per heavy atom. The van der Waals surface area contributed by atoms with Crippen molar-refractivity contribution in [2.45, 2.75) is 39.0 Å². The normalized spacial score (nSPS) is 19.0. The third kappa shape index (κ3) is 3.69. The van der Waals surface area contributed by atoms with Crippen LogP contribution in [0.4, 0.5) is 5.95 Å². The number of hydrogen-bond acceptors (Lipinski definition) is 7. The van der Waals surface area contributed by atoms with E-state index in [9.17, 15) is 9.59 Å². The number of hydrogen-bond donors (Lipinski definition) is 2. The Labute approximate surface area is 196 Å². The summed E-state index contributed by atoms with van der Waals surface area (Å²) in [6, 6.07) is 7.72. The molecule has 2 aliphatic heterocycles. The molecule has 1 unspecified atom stereocenters. The van der Waals surface area contributed by atoms with Gasteiger partial charge in [0, 0.05) is 37.9 Å². The van der Waals surface area contributed by atoms with Crippen molar-refractivity contribution in [3.05, 3.63) is 56.2 Å². The van der Waals surface area contributed by atoms with Crippen LogP contribution in [0, 0.1) is 11.8 Å². The molecule has 3 N–H and O–H groups in total. The van der Waals surface area contributed by atoms with Gasteiger partial charge in [-0.05, 0) is 25.3 Å². The van der Waals surface area contributed by atoms with Crippen LogP contribution in [0.2, 0.25) is 0 Å². The van der Waals surface area contributed by atoms with Gasteiger partial charge in [0.05, 0.1) is 12.2 Å². The van der Waals surface area contributed by atoms with Crippen molar-refractivity contribution in [3.8, 4) is 11.8 Å². The van der Waals surface area contributed by atoms with Crippen molar-refractivity contribution >= 4 is 29.0 Å². The number of imidazole rings is 1. The second kappa shape index (κ2) is 8.85. The van der Waals surface area contributed by atoms with Gasteiger partial charge in [0.25, 0.3) is 5.56 Å². The van der Waals surface area contributed by atoms with Crippen molar-refractivity contribution in [2.75, 3.05) is 18.0 Å². The summed E-state index contributed by atoms with van der Waals surface area (Å²) in [7, 11) is 1.62. The second-order valence-electron chi connectivity index (χ2n) is 8.55. The number of piperidine rings is 1. The average Bonchev–Trinajstić information content (AvgIpc) is 3.24. The van der Waals surface area contributed by atoms with Crippen molar-refractivity contribution < 1.29 is 4.84 Å². The van der Waals surface area contributed by atoms with Gasteiger partial charge in [-0.3, -0.25) is 24.2 Å². The summed E-state index contributed by atoms with van der Waals surface area (Å²) in [5.74, 6) is 6.54. The Hall–Kier alpha value is -3.81. The smallest absolute Gasteiger partial charge is 0.336 e. The number of nitrogens with one attached hydrogen (secondary N) is 1. The van der Waals surface area contributed by atoms with Gasteiger partial charge in [0.2, 0.25) is 5.95 Å². The van der Waals surface area contributed by atoms with Crippen molar-refractivity contribution in [1.82, 2.24) is 24.2 Å². The summed E-state index contributed by atoms with van der Waals surface area (Å²) >= 11 is 0. The molecule has 10 heteroatoms. The quantitative estimate of drug-likeness (QED) is 0.556. The minimum Gasteiger partial charge on any atom is -0.341 e. The minimum absolute atomic E-state index is 0.0296. The van der Waals surface area contributed by atoms with E-state index in [1.165, 1.54) is 10.8 Å². The monoisotopic (exact) mass is 461 g/mol. The van der Waals surface area contributed by atoms with E-state index in [-0.39, 0.29) is 12.6 Å². The Morgan fingerprint density at radius 1 is 1.32 bits per heavy atom. The van der Waals surface area contributed by atoms with Gasteiger partial charge < -0.3 is 10.6 Å². The van der Waals surface area contributed by atoms with Crippen LogP contribution >= 0.6 is 0 Å². The zero-order chi connectivity index (χ0) is 23.8. The number of fused-ring (bicyclic) bond motifs is 2.